The maximum atomic E-state index is 12.4. The Morgan fingerprint density at radius 2 is 1.76 bits per heavy atom. The standard InChI is InChI=1S/C17H19NO5S2/c1-10-9-15(12(3)24-10)17(20)23-11(2)16(19)13-5-7-14(8-6-13)18-25(4,21)22/h5-9,11,18H,1-4H3/t11-/m0/s1. The molecule has 0 aliphatic heterocycles. The molecule has 1 heterocycles. The number of nitrogens with one attached hydrogen (secondary N) is 1. The summed E-state index contributed by atoms with van der Waals surface area (Å²) in [6, 6.07) is 7.68. The van der Waals surface area contributed by atoms with Crippen LogP contribution in [0.5, 0.6) is 0 Å². The van der Waals surface area contributed by atoms with Gasteiger partial charge in [-0.3, -0.25) is 9.52 Å². The Hall–Kier alpha value is -2.19. The number of benzene rings is 1. The van der Waals surface area contributed by atoms with Crippen LogP contribution in [0.15, 0.2) is 30.3 Å². The van der Waals surface area contributed by atoms with Crippen molar-refractivity contribution in [3.8, 4) is 0 Å². The van der Waals surface area contributed by atoms with Crippen molar-refractivity contribution in [3.63, 3.8) is 0 Å². The Morgan fingerprint density at radius 3 is 2.24 bits per heavy atom. The summed E-state index contributed by atoms with van der Waals surface area (Å²) in [6.45, 7) is 5.24. The van der Waals surface area contributed by atoms with Crippen LogP contribution < -0.4 is 4.72 Å². The van der Waals surface area contributed by atoms with Crippen molar-refractivity contribution >= 4 is 38.8 Å². The molecule has 0 bridgehead atoms. The van der Waals surface area contributed by atoms with Crippen molar-refractivity contribution in [2.75, 3.05) is 11.0 Å². The van der Waals surface area contributed by atoms with E-state index in [-0.39, 0.29) is 5.78 Å². The lowest BCUT2D eigenvalue weighted by Gasteiger charge is -2.12. The number of ether oxygens (including phenoxy) is 1. The number of sulfonamides is 1. The minimum atomic E-state index is -3.38. The lowest BCUT2D eigenvalue weighted by atomic mass is 10.1. The van der Waals surface area contributed by atoms with Gasteiger partial charge in [0.15, 0.2) is 6.10 Å². The summed E-state index contributed by atoms with van der Waals surface area (Å²) in [5.41, 5.74) is 1.15. The number of rotatable bonds is 6. The van der Waals surface area contributed by atoms with Crippen molar-refractivity contribution in [1.82, 2.24) is 0 Å². The topological polar surface area (TPSA) is 89.5 Å². The van der Waals surface area contributed by atoms with Crippen LogP contribution >= 0.6 is 11.3 Å². The molecule has 0 radical (unpaired) electrons. The molecule has 8 heteroatoms. The number of hydrogen-bond acceptors (Lipinski definition) is 6. The highest BCUT2D eigenvalue weighted by Gasteiger charge is 2.22. The number of thiophene rings is 1. The van der Waals surface area contributed by atoms with Gasteiger partial charge in [-0.25, -0.2) is 13.2 Å². The molecule has 0 saturated carbocycles. The van der Waals surface area contributed by atoms with Gasteiger partial charge >= 0.3 is 5.97 Å². The minimum absolute atomic E-state index is 0.331. The van der Waals surface area contributed by atoms with Gasteiger partial charge in [-0.1, -0.05) is 0 Å². The van der Waals surface area contributed by atoms with Crippen molar-refractivity contribution in [2.24, 2.45) is 0 Å². The predicted molar refractivity (Wildman–Crippen MR) is 97.9 cm³/mol. The van der Waals surface area contributed by atoms with Crippen LogP contribution in [0.2, 0.25) is 0 Å². The molecule has 0 aliphatic carbocycles. The summed E-state index contributed by atoms with van der Waals surface area (Å²) in [5.74, 6) is -0.887. The Labute approximate surface area is 150 Å². The van der Waals surface area contributed by atoms with Gasteiger partial charge in [-0.2, -0.15) is 0 Å². The molecule has 2 aromatic rings. The fourth-order valence-corrected chi connectivity index (χ4v) is 3.74. The van der Waals surface area contributed by atoms with E-state index in [1.807, 2.05) is 13.8 Å². The van der Waals surface area contributed by atoms with Crippen LogP contribution in [-0.4, -0.2) is 32.5 Å². The summed E-state index contributed by atoms with van der Waals surface area (Å²) in [4.78, 5) is 26.4. The van der Waals surface area contributed by atoms with Crippen LogP contribution in [0.1, 0.15) is 37.4 Å². The number of Topliss-reactive ketones (excluding diaryl/α,β-unsaturated/α-hetero) is 1. The van der Waals surface area contributed by atoms with Crippen molar-refractivity contribution in [2.45, 2.75) is 26.9 Å². The molecule has 1 aromatic heterocycles. The van der Waals surface area contributed by atoms with Crippen molar-refractivity contribution in [3.05, 3.63) is 51.2 Å². The van der Waals surface area contributed by atoms with Crippen molar-refractivity contribution in [1.29, 1.82) is 0 Å². The van der Waals surface area contributed by atoms with E-state index in [4.69, 9.17) is 4.74 Å². The Bertz CT molecular complexity index is 898. The molecule has 1 atom stereocenters. The second kappa shape index (κ2) is 7.37. The molecular formula is C17H19NO5S2. The van der Waals surface area contributed by atoms with E-state index in [0.29, 0.717) is 16.8 Å². The monoisotopic (exact) mass is 381 g/mol. The van der Waals surface area contributed by atoms with E-state index < -0.39 is 22.1 Å². The van der Waals surface area contributed by atoms with Gasteiger partial charge in [-0.15, -0.1) is 11.3 Å². The van der Waals surface area contributed by atoms with E-state index >= 15 is 0 Å². The van der Waals surface area contributed by atoms with Crippen LogP contribution in [0.4, 0.5) is 5.69 Å². The van der Waals surface area contributed by atoms with E-state index in [2.05, 4.69) is 4.72 Å². The molecule has 6 nitrogen and oxygen atoms in total. The van der Waals surface area contributed by atoms with Gasteiger partial charge in [0.25, 0.3) is 0 Å². The number of carbonyl (C=O) groups is 2. The molecule has 1 aromatic carbocycles. The number of aryl methyl sites for hydroxylation is 2. The summed E-state index contributed by atoms with van der Waals surface area (Å²) in [7, 11) is -3.38. The maximum absolute atomic E-state index is 12.4. The molecule has 0 amide bonds. The summed E-state index contributed by atoms with van der Waals surface area (Å²) in [6.07, 6.45) is 0.0997. The zero-order valence-corrected chi connectivity index (χ0v) is 16.0. The van der Waals surface area contributed by atoms with Gasteiger partial charge in [-0.05, 0) is 51.1 Å². The van der Waals surface area contributed by atoms with E-state index in [9.17, 15) is 18.0 Å². The number of esters is 1. The maximum Gasteiger partial charge on any atom is 0.339 e. The molecule has 0 saturated heterocycles. The van der Waals surface area contributed by atoms with Crippen LogP contribution in [0, 0.1) is 13.8 Å². The van der Waals surface area contributed by atoms with Gasteiger partial charge in [0, 0.05) is 21.0 Å². The fourth-order valence-electron chi connectivity index (χ4n) is 2.26. The third kappa shape index (κ3) is 5.14. The molecule has 0 fully saturated rings. The van der Waals surface area contributed by atoms with Gasteiger partial charge in [0.05, 0.1) is 11.8 Å². The lowest BCUT2D eigenvalue weighted by Crippen LogP contribution is -2.24. The third-order valence-corrected chi connectivity index (χ3v) is 4.96. The second-order valence-corrected chi connectivity index (χ2v) is 8.90. The van der Waals surface area contributed by atoms with Crippen LogP contribution in [0.3, 0.4) is 0 Å². The predicted octanol–water partition coefficient (Wildman–Crippen LogP) is 3.16. The highest BCUT2D eigenvalue weighted by molar-refractivity contribution is 7.92. The first kappa shape index (κ1) is 19.1. The average Bonchev–Trinajstić information content (AvgIpc) is 2.84. The molecule has 2 rings (SSSR count). The van der Waals surface area contributed by atoms with Gasteiger partial charge in [0.1, 0.15) is 0 Å². The molecule has 1 N–H and O–H groups in total. The van der Waals surface area contributed by atoms with Gasteiger partial charge in [0.2, 0.25) is 15.8 Å². The van der Waals surface area contributed by atoms with E-state index in [1.165, 1.54) is 42.5 Å². The first-order chi connectivity index (χ1) is 11.6. The zero-order valence-electron chi connectivity index (χ0n) is 14.3. The third-order valence-electron chi connectivity index (χ3n) is 3.39. The number of ketones is 1. The number of hydrogen-bond donors (Lipinski definition) is 1. The molecular weight excluding hydrogens is 362 g/mol. The quantitative estimate of drug-likeness (QED) is 0.613. The van der Waals surface area contributed by atoms with E-state index in [0.717, 1.165) is 16.0 Å². The zero-order chi connectivity index (χ0) is 18.8. The first-order valence-corrected chi connectivity index (χ1v) is 10.2. The Balaban J connectivity index is 2.06. The Morgan fingerprint density at radius 1 is 1.16 bits per heavy atom. The largest absolute Gasteiger partial charge is 0.451 e. The highest BCUT2D eigenvalue weighted by atomic mass is 32.2. The SMILES string of the molecule is Cc1cc(C(=O)O[C@@H](C)C(=O)c2ccc(NS(C)(=O)=O)cc2)c(C)s1. The summed E-state index contributed by atoms with van der Waals surface area (Å²) >= 11 is 1.49. The lowest BCUT2D eigenvalue weighted by molar-refractivity contribution is 0.0318. The second-order valence-electron chi connectivity index (χ2n) is 5.69. The van der Waals surface area contributed by atoms with Crippen molar-refractivity contribution < 1.29 is 22.7 Å². The Kier molecular flexibility index (Phi) is 5.64. The van der Waals surface area contributed by atoms with Gasteiger partial charge < -0.3 is 4.74 Å². The number of carbonyl (C=O) groups excluding carboxylic acids is 2. The normalized spacial score (nSPS) is 12.5. The summed E-state index contributed by atoms with van der Waals surface area (Å²) < 4.78 is 29.9. The van der Waals surface area contributed by atoms with E-state index in [1.54, 1.807) is 6.07 Å². The summed E-state index contributed by atoms with van der Waals surface area (Å²) in [5, 5.41) is 0. The fraction of sp³-hybridized carbons (Fsp3) is 0.294. The van der Waals surface area contributed by atoms with Crippen LogP contribution in [0.25, 0.3) is 0 Å². The molecule has 0 spiro atoms. The molecule has 134 valence electrons. The average molecular weight is 381 g/mol. The molecule has 0 unspecified atom stereocenters. The smallest absolute Gasteiger partial charge is 0.339 e. The number of anilines is 1. The molecule has 0 aliphatic rings. The first-order valence-electron chi connectivity index (χ1n) is 7.47. The molecule has 25 heavy (non-hydrogen) atoms. The van der Waals surface area contributed by atoms with Crippen LogP contribution in [-0.2, 0) is 14.8 Å². The minimum Gasteiger partial charge on any atom is -0.451 e. The highest BCUT2D eigenvalue weighted by Crippen LogP contribution is 2.22.